The number of rotatable bonds is 7. The first-order chi connectivity index (χ1) is 12.4. The van der Waals surface area contributed by atoms with Crippen molar-refractivity contribution in [3.05, 3.63) is 12.0 Å². The number of azo groups is 1. The van der Waals surface area contributed by atoms with Crippen LogP contribution in [0.3, 0.4) is 0 Å². The molecule has 0 radical (unpaired) electrons. The molecule has 0 aliphatic carbocycles. The Morgan fingerprint density at radius 2 is 2.12 bits per heavy atom. The average Bonchev–Trinajstić information content (AvgIpc) is 3.15. The molecule has 2 unspecified atom stereocenters. The molecule has 1 aromatic heterocycles. The van der Waals surface area contributed by atoms with Crippen molar-refractivity contribution >= 4 is 32.4 Å². The van der Waals surface area contributed by atoms with E-state index in [1.807, 2.05) is 0 Å². The molecule has 26 heavy (non-hydrogen) atoms. The average molecular weight is 431 g/mol. The summed E-state index contributed by atoms with van der Waals surface area (Å²) in [5.41, 5.74) is 12.0. The Hall–Kier alpha value is -1.69. The van der Waals surface area contributed by atoms with Crippen LogP contribution in [-0.2, 0) is 9.53 Å². The molecule has 1 fully saturated rings. The van der Waals surface area contributed by atoms with Crippen LogP contribution in [0.4, 0.5) is 11.5 Å². The second-order valence-corrected chi connectivity index (χ2v) is 8.49. The van der Waals surface area contributed by atoms with E-state index >= 15 is 0 Å². The van der Waals surface area contributed by atoms with E-state index < -0.39 is 42.5 Å². The Morgan fingerprint density at radius 3 is 2.85 bits per heavy atom. The van der Waals surface area contributed by atoms with E-state index in [-0.39, 0.29) is 20.8 Å². The van der Waals surface area contributed by atoms with Crippen molar-refractivity contribution in [2.24, 2.45) is 16.0 Å². The van der Waals surface area contributed by atoms with Gasteiger partial charge in [-0.25, -0.2) is 0 Å². The molecule has 0 aromatic carbocycles. The van der Waals surface area contributed by atoms with Gasteiger partial charge in [-0.2, -0.15) is 0 Å². The monoisotopic (exact) mass is 432 g/mol. The van der Waals surface area contributed by atoms with Crippen molar-refractivity contribution in [1.29, 1.82) is 0 Å². The minimum absolute atomic E-state index is 0.0228. The van der Waals surface area contributed by atoms with E-state index in [2.05, 4.69) is 20.2 Å². The van der Waals surface area contributed by atoms with Gasteiger partial charge in [0.15, 0.2) is 0 Å². The minimum atomic E-state index is -1.14. The van der Waals surface area contributed by atoms with E-state index in [0.29, 0.717) is 28.4 Å². The summed E-state index contributed by atoms with van der Waals surface area (Å²) in [7, 11) is 0. The number of aliphatic hydroxyl groups is 2. The van der Waals surface area contributed by atoms with E-state index in [1.165, 1.54) is 6.33 Å². The predicted octanol–water partition coefficient (Wildman–Crippen LogP) is -0.971. The van der Waals surface area contributed by atoms with Gasteiger partial charge in [-0.3, -0.25) is 0 Å². The Balaban J connectivity index is 1.58. The fourth-order valence-electron chi connectivity index (χ4n) is 2.83. The van der Waals surface area contributed by atoms with E-state index in [4.69, 9.17) is 21.3 Å². The molecule has 3 heterocycles. The molecule has 6 atom stereocenters. The SMILES string of the molecule is Nc1ncnc2c1N=NC2[C@@H]1O[C@H](C[Se]CCC(N)C(=O)O)[C@@H](O)[C@H]1O. The Bertz CT molecular complexity index is 706. The van der Waals surface area contributed by atoms with Gasteiger partial charge >= 0.3 is 155 Å². The number of hydrogen-bond donors (Lipinski definition) is 5. The van der Waals surface area contributed by atoms with Crippen LogP contribution in [0.25, 0.3) is 0 Å². The maximum absolute atomic E-state index is 10.7. The second kappa shape index (κ2) is 7.90. The fraction of sp³-hybridized carbons (Fsp3) is 0.643. The Morgan fingerprint density at radius 1 is 1.35 bits per heavy atom. The zero-order chi connectivity index (χ0) is 18.8. The molecule has 0 amide bonds. The fourth-order valence-corrected chi connectivity index (χ4v) is 5.13. The number of carbonyl (C=O) groups is 1. The first-order valence-corrected chi connectivity index (χ1v) is 10.4. The number of carboxylic acids is 1. The number of ether oxygens (including phenoxy) is 1. The first kappa shape index (κ1) is 19.1. The molecule has 12 heteroatoms. The Labute approximate surface area is 155 Å². The van der Waals surface area contributed by atoms with Gasteiger partial charge in [0, 0.05) is 0 Å². The third kappa shape index (κ3) is 3.70. The molecule has 11 nitrogen and oxygen atoms in total. The third-order valence-electron chi connectivity index (χ3n) is 4.32. The molecule has 0 saturated carbocycles. The van der Waals surface area contributed by atoms with Crippen molar-refractivity contribution in [1.82, 2.24) is 9.97 Å². The summed E-state index contributed by atoms with van der Waals surface area (Å²) < 4.78 is 5.83. The number of aliphatic carboxylic acids is 1. The van der Waals surface area contributed by atoms with Gasteiger partial charge in [0.1, 0.15) is 0 Å². The van der Waals surface area contributed by atoms with Gasteiger partial charge in [0.25, 0.3) is 0 Å². The number of aromatic nitrogens is 2. The molecular weight excluding hydrogens is 411 g/mol. The molecule has 2 aliphatic rings. The summed E-state index contributed by atoms with van der Waals surface area (Å²) in [6, 6.07) is -1.54. The van der Waals surface area contributed by atoms with E-state index in [0.717, 1.165) is 0 Å². The summed E-state index contributed by atoms with van der Waals surface area (Å²) in [6.07, 6.45) is -1.89. The molecule has 1 aromatic rings. The summed E-state index contributed by atoms with van der Waals surface area (Å²) in [6.45, 7) is 0. The van der Waals surface area contributed by atoms with Crippen LogP contribution in [0.1, 0.15) is 18.2 Å². The van der Waals surface area contributed by atoms with Gasteiger partial charge in [-0.15, -0.1) is 0 Å². The van der Waals surface area contributed by atoms with Crippen LogP contribution in [0.5, 0.6) is 0 Å². The zero-order valence-electron chi connectivity index (χ0n) is 13.7. The van der Waals surface area contributed by atoms with Crippen LogP contribution in [-0.4, -0.2) is 76.7 Å². The van der Waals surface area contributed by atoms with Gasteiger partial charge < -0.3 is 0 Å². The number of hydrogen-bond acceptors (Lipinski definition) is 10. The van der Waals surface area contributed by atoms with Crippen LogP contribution in [0, 0.1) is 0 Å². The number of nitrogens with two attached hydrogens (primary N) is 2. The van der Waals surface area contributed by atoms with Crippen molar-refractivity contribution < 1.29 is 24.9 Å². The van der Waals surface area contributed by atoms with E-state index in [9.17, 15) is 15.0 Å². The molecular formula is C14H20N6O5Se. The van der Waals surface area contributed by atoms with E-state index in [1.54, 1.807) is 0 Å². The van der Waals surface area contributed by atoms with Crippen LogP contribution in [0.2, 0.25) is 10.6 Å². The number of aliphatic hydroxyl groups excluding tert-OH is 2. The molecule has 7 N–H and O–H groups in total. The van der Waals surface area contributed by atoms with Crippen molar-refractivity contribution in [2.75, 3.05) is 5.73 Å². The van der Waals surface area contributed by atoms with Crippen molar-refractivity contribution in [2.45, 2.75) is 53.6 Å². The summed E-state index contributed by atoms with van der Waals surface area (Å²) in [5, 5.41) is 38.6. The molecule has 3 rings (SSSR count). The quantitative estimate of drug-likeness (QED) is 0.267. The van der Waals surface area contributed by atoms with Gasteiger partial charge in [0.2, 0.25) is 0 Å². The van der Waals surface area contributed by atoms with Gasteiger partial charge in [-0.05, 0) is 0 Å². The summed E-state index contributed by atoms with van der Waals surface area (Å²) in [4.78, 5) is 18.7. The molecule has 1 saturated heterocycles. The van der Waals surface area contributed by atoms with Gasteiger partial charge in [-0.1, -0.05) is 0 Å². The molecule has 2 aliphatic heterocycles. The predicted molar refractivity (Wildman–Crippen MR) is 90.0 cm³/mol. The number of anilines is 1. The van der Waals surface area contributed by atoms with Gasteiger partial charge in [0.05, 0.1) is 0 Å². The number of carboxylic acid groups (broad SMARTS) is 1. The number of nitrogens with zero attached hydrogens (tertiary/aromatic N) is 4. The van der Waals surface area contributed by atoms with Crippen LogP contribution < -0.4 is 11.5 Å². The van der Waals surface area contributed by atoms with Crippen LogP contribution in [0.15, 0.2) is 16.6 Å². The first-order valence-electron chi connectivity index (χ1n) is 7.99. The Kier molecular flexibility index (Phi) is 5.80. The normalized spacial score (nSPS) is 31.1. The molecule has 142 valence electrons. The zero-order valence-corrected chi connectivity index (χ0v) is 15.4. The van der Waals surface area contributed by atoms with Crippen LogP contribution >= 0.6 is 0 Å². The number of nitrogen functional groups attached to an aromatic ring is 1. The van der Waals surface area contributed by atoms with Crippen molar-refractivity contribution in [3.63, 3.8) is 0 Å². The molecule has 0 spiro atoms. The van der Waals surface area contributed by atoms with Crippen molar-refractivity contribution in [3.8, 4) is 0 Å². The third-order valence-corrected chi connectivity index (χ3v) is 6.61. The second-order valence-electron chi connectivity index (χ2n) is 6.08. The summed E-state index contributed by atoms with van der Waals surface area (Å²) in [5.74, 6) is -0.830. The number of fused-ring (bicyclic) bond motifs is 1. The summed E-state index contributed by atoms with van der Waals surface area (Å²) >= 11 is 0.0228. The standard InChI is InChI=1S/C14H20N6O5Se/c15-5(14(23)24)1-2-26-3-6-10(21)11(22)12(25-6)8-7-9(20-19-8)13(16)18-4-17-7/h4-6,8,10-12,21-22H,1-3,15H2,(H,23,24)(H2,16,17,18)/t5?,6-,8?,10-,11-,12+/m1/s1. The molecule has 0 bridgehead atoms. The maximum atomic E-state index is 10.7. The topological polar surface area (TPSA) is 190 Å².